The number of para-hydroxylation sites is 1. The third-order valence-electron chi connectivity index (χ3n) is 2.16. The number of benzene rings is 2. The van der Waals surface area contributed by atoms with E-state index in [1.54, 1.807) is 12.1 Å². The lowest BCUT2D eigenvalue weighted by Crippen LogP contribution is -1.92. The molecule has 0 atom stereocenters. The molecule has 0 N–H and O–H groups in total. The molecule has 0 saturated heterocycles. The van der Waals surface area contributed by atoms with Gasteiger partial charge in [-0.05, 0) is 52.9 Å². The highest BCUT2D eigenvalue weighted by molar-refractivity contribution is 14.1. The van der Waals surface area contributed by atoms with Gasteiger partial charge in [0.1, 0.15) is 11.5 Å². The van der Waals surface area contributed by atoms with E-state index in [9.17, 15) is 4.79 Å². The van der Waals surface area contributed by atoms with E-state index < -0.39 is 0 Å². The molecule has 86 valence electrons. The summed E-state index contributed by atoms with van der Waals surface area (Å²) in [6.07, 6.45) is 0.788. The molecular formula is C13H8BrIO2. The Kier molecular flexibility index (Phi) is 4.17. The van der Waals surface area contributed by atoms with Crippen molar-refractivity contribution in [2.75, 3.05) is 0 Å². The van der Waals surface area contributed by atoms with Crippen LogP contribution in [0.2, 0.25) is 0 Å². The van der Waals surface area contributed by atoms with Gasteiger partial charge in [-0.25, -0.2) is 0 Å². The first-order chi connectivity index (χ1) is 8.20. The number of carbonyl (C=O) groups excluding carboxylic acids is 1. The van der Waals surface area contributed by atoms with Crippen molar-refractivity contribution in [3.05, 3.63) is 56.1 Å². The van der Waals surface area contributed by atoms with Crippen molar-refractivity contribution >= 4 is 44.8 Å². The summed E-state index contributed by atoms with van der Waals surface area (Å²) in [4.78, 5) is 11.0. The Morgan fingerprint density at radius 1 is 1.12 bits per heavy atom. The second-order valence-electron chi connectivity index (χ2n) is 3.33. The first-order valence-electron chi connectivity index (χ1n) is 4.88. The maximum absolute atomic E-state index is 11.0. The SMILES string of the molecule is O=Cc1cc(Br)ccc1Oc1ccccc1I. The lowest BCUT2D eigenvalue weighted by molar-refractivity contribution is 0.112. The fourth-order valence-electron chi connectivity index (χ4n) is 1.35. The molecule has 0 aromatic heterocycles. The summed E-state index contributed by atoms with van der Waals surface area (Å²) in [6.45, 7) is 0. The van der Waals surface area contributed by atoms with E-state index in [1.165, 1.54) is 0 Å². The van der Waals surface area contributed by atoms with E-state index in [0.717, 1.165) is 20.1 Å². The Labute approximate surface area is 121 Å². The van der Waals surface area contributed by atoms with Crippen LogP contribution in [0.1, 0.15) is 10.4 Å². The lowest BCUT2D eigenvalue weighted by atomic mass is 10.2. The average Bonchev–Trinajstić information content (AvgIpc) is 2.34. The van der Waals surface area contributed by atoms with Crippen molar-refractivity contribution in [1.82, 2.24) is 0 Å². The molecule has 2 nitrogen and oxygen atoms in total. The molecule has 4 heteroatoms. The summed E-state index contributed by atoms with van der Waals surface area (Å²) in [6, 6.07) is 13.0. The Morgan fingerprint density at radius 3 is 2.59 bits per heavy atom. The molecule has 0 aliphatic carbocycles. The van der Waals surface area contributed by atoms with Gasteiger partial charge in [-0.2, -0.15) is 0 Å². The summed E-state index contributed by atoms with van der Waals surface area (Å²) < 4.78 is 7.59. The van der Waals surface area contributed by atoms with E-state index in [4.69, 9.17) is 4.74 Å². The van der Waals surface area contributed by atoms with Gasteiger partial charge < -0.3 is 4.74 Å². The Morgan fingerprint density at radius 2 is 1.88 bits per heavy atom. The molecule has 2 rings (SSSR count). The largest absolute Gasteiger partial charge is 0.456 e. The van der Waals surface area contributed by atoms with Crippen LogP contribution in [-0.2, 0) is 0 Å². The van der Waals surface area contributed by atoms with E-state index in [-0.39, 0.29) is 0 Å². The number of hydrogen-bond acceptors (Lipinski definition) is 2. The van der Waals surface area contributed by atoms with Crippen molar-refractivity contribution in [3.63, 3.8) is 0 Å². The van der Waals surface area contributed by atoms with Gasteiger partial charge in [0.25, 0.3) is 0 Å². The molecule has 2 aromatic rings. The second-order valence-corrected chi connectivity index (χ2v) is 5.41. The summed E-state index contributed by atoms with van der Waals surface area (Å²) in [5.74, 6) is 1.31. The molecule has 0 aliphatic rings. The van der Waals surface area contributed by atoms with Gasteiger partial charge in [0.15, 0.2) is 6.29 Å². The minimum absolute atomic E-state index is 0.527. The van der Waals surface area contributed by atoms with E-state index in [1.807, 2.05) is 30.3 Å². The maximum Gasteiger partial charge on any atom is 0.153 e. The number of ether oxygens (including phenoxy) is 1. The number of aldehydes is 1. The number of rotatable bonds is 3. The fraction of sp³-hybridized carbons (Fsp3) is 0. The molecule has 0 aliphatic heterocycles. The van der Waals surface area contributed by atoms with Crippen LogP contribution in [0.5, 0.6) is 11.5 Å². The molecular weight excluding hydrogens is 395 g/mol. The monoisotopic (exact) mass is 402 g/mol. The van der Waals surface area contributed by atoms with Crippen LogP contribution in [-0.4, -0.2) is 6.29 Å². The number of hydrogen-bond donors (Lipinski definition) is 0. The Balaban J connectivity index is 2.36. The highest BCUT2D eigenvalue weighted by atomic mass is 127. The van der Waals surface area contributed by atoms with Crippen LogP contribution in [0.4, 0.5) is 0 Å². The van der Waals surface area contributed by atoms with Gasteiger partial charge in [0.2, 0.25) is 0 Å². The summed E-state index contributed by atoms with van der Waals surface area (Å²) in [5, 5.41) is 0. The van der Waals surface area contributed by atoms with Crippen LogP contribution in [0, 0.1) is 3.57 Å². The molecule has 0 heterocycles. The molecule has 0 amide bonds. The molecule has 0 saturated carbocycles. The van der Waals surface area contributed by atoms with Crippen LogP contribution >= 0.6 is 38.5 Å². The lowest BCUT2D eigenvalue weighted by Gasteiger charge is -2.09. The molecule has 2 aromatic carbocycles. The first kappa shape index (κ1) is 12.6. The first-order valence-corrected chi connectivity index (χ1v) is 6.75. The zero-order chi connectivity index (χ0) is 12.3. The predicted octanol–water partition coefficient (Wildman–Crippen LogP) is 4.66. The molecule has 17 heavy (non-hydrogen) atoms. The number of carbonyl (C=O) groups is 1. The van der Waals surface area contributed by atoms with E-state index >= 15 is 0 Å². The molecule has 0 unspecified atom stereocenters. The van der Waals surface area contributed by atoms with Gasteiger partial charge in [0.05, 0.1) is 9.13 Å². The van der Waals surface area contributed by atoms with Gasteiger partial charge in [-0.1, -0.05) is 28.1 Å². The highest BCUT2D eigenvalue weighted by Crippen LogP contribution is 2.29. The predicted molar refractivity (Wildman–Crippen MR) is 78.8 cm³/mol. The topological polar surface area (TPSA) is 26.3 Å². The Hall–Kier alpha value is -0.880. The van der Waals surface area contributed by atoms with Gasteiger partial charge in [-0.15, -0.1) is 0 Å². The average molecular weight is 403 g/mol. The fourth-order valence-corrected chi connectivity index (χ4v) is 2.23. The summed E-state index contributed by atoms with van der Waals surface area (Å²) in [5.41, 5.74) is 0.527. The third kappa shape index (κ3) is 3.07. The van der Waals surface area contributed by atoms with Crippen molar-refractivity contribution in [2.24, 2.45) is 0 Å². The minimum atomic E-state index is 0.527. The van der Waals surface area contributed by atoms with Crippen molar-refractivity contribution in [1.29, 1.82) is 0 Å². The van der Waals surface area contributed by atoms with Crippen molar-refractivity contribution < 1.29 is 9.53 Å². The molecule has 0 fully saturated rings. The quantitative estimate of drug-likeness (QED) is 0.551. The van der Waals surface area contributed by atoms with Crippen LogP contribution in [0.15, 0.2) is 46.9 Å². The second kappa shape index (κ2) is 5.64. The van der Waals surface area contributed by atoms with Crippen molar-refractivity contribution in [3.8, 4) is 11.5 Å². The van der Waals surface area contributed by atoms with Crippen LogP contribution in [0.25, 0.3) is 0 Å². The Bertz CT molecular complexity index is 555. The van der Waals surface area contributed by atoms with E-state index in [2.05, 4.69) is 38.5 Å². The van der Waals surface area contributed by atoms with Gasteiger partial charge >= 0.3 is 0 Å². The minimum Gasteiger partial charge on any atom is -0.456 e. The summed E-state index contributed by atoms with van der Waals surface area (Å²) >= 11 is 5.52. The maximum atomic E-state index is 11.0. The molecule has 0 bridgehead atoms. The van der Waals surface area contributed by atoms with Gasteiger partial charge in [0, 0.05) is 4.47 Å². The zero-order valence-corrected chi connectivity index (χ0v) is 12.4. The van der Waals surface area contributed by atoms with Crippen molar-refractivity contribution in [2.45, 2.75) is 0 Å². The molecule has 0 spiro atoms. The summed E-state index contributed by atoms with van der Waals surface area (Å²) in [7, 11) is 0. The standard InChI is InChI=1S/C13H8BrIO2/c14-10-5-6-12(9(7-10)8-16)17-13-4-2-1-3-11(13)15/h1-8H. The van der Waals surface area contributed by atoms with Crippen LogP contribution in [0.3, 0.4) is 0 Å². The normalized spacial score (nSPS) is 10.0. The van der Waals surface area contributed by atoms with E-state index in [0.29, 0.717) is 11.3 Å². The zero-order valence-electron chi connectivity index (χ0n) is 8.69. The number of halogens is 2. The van der Waals surface area contributed by atoms with Crippen LogP contribution < -0.4 is 4.74 Å². The smallest absolute Gasteiger partial charge is 0.153 e. The third-order valence-corrected chi connectivity index (χ3v) is 3.54. The molecule has 0 radical (unpaired) electrons. The van der Waals surface area contributed by atoms with Gasteiger partial charge in [-0.3, -0.25) is 4.79 Å². The highest BCUT2D eigenvalue weighted by Gasteiger charge is 2.06.